The first kappa shape index (κ1) is 16.5. The third-order valence-electron chi connectivity index (χ3n) is 3.58. The van der Waals surface area contributed by atoms with Crippen LogP contribution in [0.25, 0.3) is 0 Å². The number of sulfonamides is 1. The summed E-state index contributed by atoms with van der Waals surface area (Å²) in [5.41, 5.74) is 2.15. The van der Waals surface area contributed by atoms with E-state index in [1.165, 1.54) is 18.7 Å². The second-order valence-corrected chi connectivity index (χ2v) is 6.77. The lowest BCUT2D eigenvalue weighted by Gasteiger charge is -2.16. The van der Waals surface area contributed by atoms with E-state index in [-0.39, 0.29) is 10.9 Å². The molecule has 0 aliphatic heterocycles. The fourth-order valence-corrected chi connectivity index (χ4v) is 3.65. The largest absolute Gasteiger partial charge is 0.495 e. The number of nitrogens with one attached hydrogen (secondary N) is 1. The zero-order valence-corrected chi connectivity index (χ0v) is 13.9. The highest BCUT2D eigenvalue weighted by Crippen LogP contribution is 2.25. The number of methoxy groups -OCH3 is 1. The van der Waals surface area contributed by atoms with Gasteiger partial charge < -0.3 is 4.74 Å². The fourth-order valence-electron chi connectivity index (χ4n) is 2.25. The molecule has 118 valence electrons. The normalized spacial score (nSPS) is 12.9. The van der Waals surface area contributed by atoms with E-state index in [1.807, 2.05) is 31.2 Å². The fraction of sp³-hybridized carbons (Fsp3) is 0.294. The molecule has 2 aromatic rings. The molecule has 0 heterocycles. The minimum atomic E-state index is -3.64. The lowest BCUT2D eigenvalue weighted by atomic mass is 10.1. The van der Waals surface area contributed by atoms with Gasteiger partial charge in [0.25, 0.3) is 0 Å². The van der Waals surface area contributed by atoms with Crippen molar-refractivity contribution in [2.75, 3.05) is 7.11 Å². The molecule has 5 heteroatoms. The number of ether oxygens (including phenoxy) is 1. The standard InChI is InChI=1S/C17H21NO3S/c1-4-14-9-11-15(12-10-14)13(2)18-22(19,20)17-8-6-5-7-16(17)21-3/h5-13,18H,4H2,1-3H3/t13-/m0/s1. The van der Waals surface area contributed by atoms with Crippen molar-refractivity contribution in [1.82, 2.24) is 4.72 Å². The number of aryl methyl sites for hydroxylation is 1. The molecule has 0 aromatic heterocycles. The van der Waals surface area contributed by atoms with Crippen LogP contribution in [0.2, 0.25) is 0 Å². The average molecular weight is 319 g/mol. The number of hydrogen-bond acceptors (Lipinski definition) is 3. The van der Waals surface area contributed by atoms with Crippen molar-refractivity contribution in [3.05, 3.63) is 59.7 Å². The second kappa shape index (κ2) is 6.94. The molecule has 0 saturated heterocycles. The summed E-state index contributed by atoms with van der Waals surface area (Å²) in [4.78, 5) is 0.148. The van der Waals surface area contributed by atoms with Crippen LogP contribution >= 0.6 is 0 Å². The Morgan fingerprint density at radius 3 is 2.32 bits per heavy atom. The van der Waals surface area contributed by atoms with Gasteiger partial charge in [0.05, 0.1) is 7.11 Å². The van der Waals surface area contributed by atoms with Crippen molar-refractivity contribution in [2.24, 2.45) is 0 Å². The van der Waals surface area contributed by atoms with E-state index in [9.17, 15) is 8.42 Å². The molecule has 0 fully saturated rings. The molecule has 0 aliphatic carbocycles. The molecule has 0 bridgehead atoms. The molecule has 22 heavy (non-hydrogen) atoms. The number of hydrogen-bond donors (Lipinski definition) is 1. The van der Waals surface area contributed by atoms with Gasteiger partial charge in [-0.15, -0.1) is 0 Å². The summed E-state index contributed by atoms with van der Waals surface area (Å²) in [6, 6.07) is 14.2. The lowest BCUT2D eigenvalue weighted by Crippen LogP contribution is -2.27. The molecule has 0 unspecified atom stereocenters. The van der Waals surface area contributed by atoms with Gasteiger partial charge in [-0.2, -0.15) is 0 Å². The number of benzene rings is 2. The number of para-hydroxylation sites is 1. The molecule has 0 saturated carbocycles. The predicted octanol–water partition coefficient (Wildman–Crippen LogP) is 3.30. The second-order valence-electron chi connectivity index (χ2n) is 5.09. The van der Waals surface area contributed by atoms with Gasteiger partial charge in [0, 0.05) is 6.04 Å². The van der Waals surface area contributed by atoms with Gasteiger partial charge in [-0.05, 0) is 36.6 Å². The SMILES string of the molecule is CCc1ccc([C@H](C)NS(=O)(=O)c2ccccc2OC)cc1. The highest BCUT2D eigenvalue weighted by atomic mass is 32.2. The Labute approximate surface area is 132 Å². The van der Waals surface area contributed by atoms with E-state index < -0.39 is 10.0 Å². The van der Waals surface area contributed by atoms with E-state index >= 15 is 0 Å². The van der Waals surface area contributed by atoms with Gasteiger partial charge >= 0.3 is 0 Å². The Bertz CT molecular complexity index is 724. The zero-order chi connectivity index (χ0) is 16.2. The van der Waals surface area contributed by atoms with Crippen LogP contribution in [0.4, 0.5) is 0 Å². The molecule has 4 nitrogen and oxygen atoms in total. The smallest absolute Gasteiger partial charge is 0.244 e. The highest BCUT2D eigenvalue weighted by Gasteiger charge is 2.21. The van der Waals surface area contributed by atoms with Crippen LogP contribution < -0.4 is 9.46 Å². The van der Waals surface area contributed by atoms with E-state index in [1.54, 1.807) is 18.2 Å². The van der Waals surface area contributed by atoms with E-state index in [0.717, 1.165) is 12.0 Å². The molecule has 1 N–H and O–H groups in total. The monoisotopic (exact) mass is 319 g/mol. The predicted molar refractivity (Wildman–Crippen MR) is 87.6 cm³/mol. The average Bonchev–Trinajstić information content (AvgIpc) is 2.54. The van der Waals surface area contributed by atoms with Gasteiger partial charge in [0.1, 0.15) is 10.6 Å². The third-order valence-corrected chi connectivity index (χ3v) is 5.16. The van der Waals surface area contributed by atoms with Gasteiger partial charge in [0.15, 0.2) is 0 Å². The Morgan fingerprint density at radius 2 is 1.73 bits per heavy atom. The molecule has 0 spiro atoms. The summed E-state index contributed by atoms with van der Waals surface area (Å²) in [6.45, 7) is 3.91. The molecule has 0 aliphatic rings. The zero-order valence-electron chi connectivity index (χ0n) is 13.0. The molecule has 1 atom stereocenters. The van der Waals surface area contributed by atoms with E-state index in [4.69, 9.17) is 4.74 Å². The minimum Gasteiger partial charge on any atom is -0.495 e. The van der Waals surface area contributed by atoms with Gasteiger partial charge in [0.2, 0.25) is 10.0 Å². The van der Waals surface area contributed by atoms with Crippen molar-refractivity contribution in [3.8, 4) is 5.75 Å². The maximum absolute atomic E-state index is 12.5. The van der Waals surface area contributed by atoms with Crippen molar-refractivity contribution in [2.45, 2.75) is 31.2 Å². The maximum atomic E-state index is 12.5. The summed E-state index contributed by atoms with van der Waals surface area (Å²) in [6.07, 6.45) is 0.960. The molecule has 2 rings (SSSR count). The van der Waals surface area contributed by atoms with Crippen LogP contribution in [0.5, 0.6) is 5.75 Å². The van der Waals surface area contributed by atoms with Crippen LogP contribution in [-0.4, -0.2) is 15.5 Å². The van der Waals surface area contributed by atoms with Gasteiger partial charge in [-0.1, -0.05) is 43.3 Å². The van der Waals surface area contributed by atoms with E-state index in [2.05, 4.69) is 11.6 Å². The summed E-state index contributed by atoms with van der Waals surface area (Å²) in [5, 5.41) is 0. The van der Waals surface area contributed by atoms with Crippen molar-refractivity contribution >= 4 is 10.0 Å². The van der Waals surface area contributed by atoms with Gasteiger partial charge in [-0.25, -0.2) is 13.1 Å². The van der Waals surface area contributed by atoms with E-state index in [0.29, 0.717) is 5.75 Å². The quantitative estimate of drug-likeness (QED) is 0.889. The van der Waals surface area contributed by atoms with Crippen LogP contribution in [0.1, 0.15) is 31.0 Å². The summed E-state index contributed by atoms with van der Waals surface area (Å²) in [7, 11) is -2.18. The first-order chi connectivity index (χ1) is 10.5. The van der Waals surface area contributed by atoms with Crippen LogP contribution in [0, 0.1) is 0 Å². The molecular formula is C17H21NO3S. The van der Waals surface area contributed by atoms with Gasteiger partial charge in [-0.3, -0.25) is 0 Å². The Hall–Kier alpha value is -1.85. The van der Waals surface area contributed by atoms with Crippen molar-refractivity contribution in [1.29, 1.82) is 0 Å². The number of rotatable bonds is 6. The molecular weight excluding hydrogens is 298 g/mol. The molecule has 2 aromatic carbocycles. The maximum Gasteiger partial charge on any atom is 0.244 e. The first-order valence-electron chi connectivity index (χ1n) is 7.22. The Morgan fingerprint density at radius 1 is 1.09 bits per heavy atom. The third kappa shape index (κ3) is 3.67. The summed E-state index contributed by atoms with van der Waals surface area (Å²) in [5.74, 6) is 0.337. The minimum absolute atomic E-state index is 0.148. The molecule has 0 radical (unpaired) electrons. The van der Waals surface area contributed by atoms with Crippen molar-refractivity contribution in [3.63, 3.8) is 0 Å². The first-order valence-corrected chi connectivity index (χ1v) is 8.70. The van der Waals surface area contributed by atoms with Crippen LogP contribution in [0.15, 0.2) is 53.4 Å². The van der Waals surface area contributed by atoms with Crippen LogP contribution in [-0.2, 0) is 16.4 Å². The Kier molecular flexibility index (Phi) is 5.21. The Balaban J connectivity index is 2.23. The van der Waals surface area contributed by atoms with Crippen molar-refractivity contribution < 1.29 is 13.2 Å². The summed E-state index contributed by atoms with van der Waals surface area (Å²) >= 11 is 0. The highest BCUT2D eigenvalue weighted by molar-refractivity contribution is 7.89. The molecule has 0 amide bonds. The topological polar surface area (TPSA) is 55.4 Å². The van der Waals surface area contributed by atoms with Crippen LogP contribution in [0.3, 0.4) is 0 Å². The lowest BCUT2D eigenvalue weighted by molar-refractivity contribution is 0.402. The summed E-state index contributed by atoms with van der Waals surface area (Å²) < 4.78 is 32.9.